The van der Waals surface area contributed by atoms with Gasteiger partial charge >= 0.3 is 0 Å². The third-order valence-electron chi connectivity index (χ3n) is 3.44. The minimum Gasteiger partial charge on any atom is -0.381 e. The van der Waals surface area contributed by atoms with Gasteiger partial charge in [-0.3, -0.25) is 4.68 Å². The Morgan fingerprint density at radius 3 is 2.82 bits per heavy atom. The zero-order chi connectivity index (χ0) is 12.4. The second kappa shape index (κ2) is 5.38. The van der Waals surface area contributed by atoms with E-state index in [1.165, 1.54) is 0 Å². The van der Waals surface area contributed by atoms with Crippen molar-refractivity contribution in [1.82, 2.24) is 15.1 Å². The average Bonchev–Trinajstić information content (AvgIpc) is 2.54. The summed E-state index contributed by atoms with van der Waals surface area (Å²) in [6.45, 7) is 5.67. The lowest BCUT2D eigenvalue weighted by Gasteiger charge is -2.34. The highest BCUT2D eigenvalue weighted by Crippen LogP contribution is 2.24. The van der Waals surface area contributed by atoms with Crippen molar-refractivity contribution < 1.29 is 4.74 Å². The minimum absolute atomic E-state index is 0.431. The van der Waals surface area contributed by atoms with Crippen LogP contribution in [0.3, 0.4) is 0 Å². The van der Waals surface area contributed by atoms with Crippen LogP contribution < -0.4 is 5.32 Å². The molecule has 0 atom stereocenters. The highest BCUT2D eigenvalue weighted by atomic mass is 35.5. The second-order valence-corrected chi connectivity index (χ2v) is 4.95. The Morgan fingerprint density at radius 2 is 2.24 bits per heavy atom. The summed E-state index contributed by atoms with van der Waals surface area (Å²) in [5.74, 6) is 0. The first kappa shape index (κ1) is 12.9. The normalized spacial score (nSPS) is 23.8. The molecule has 0 aromatic carbocycles. The van der Waals surface area contributed by atoms with Gasteiger partial charge < -0.3 is 10.1 Å². The Bertz CT molecular complexity index is 385. The first-order valence-corrected chi connectivity index (χ1v) is 6.51. The first-order chi connectivity index (χ1) is 8.15. The van der Waals surface area contributed by atoms with E-state index in [0.717, 1.165) is 42.3 Å². The van der Waals surface area contributed by atoms with Crippen LogP contribution in [0, 0.1) is 6.92 Å². The zero-order valence-electron chi connectivity index (χ0n) is 10.7. The molecule has 0 bridgehead atoms. The first-order valence-electron chi connectivity index (χ1n) is 6.13. The molecular weight excluding hydrogens is 238 g/mol. The summed E-state index contributed by atoms with van der Waals surface area (Å²) in [6.07, 6.45) is 2.61. The Balaban J connectivity index is 1.91. The molecule has 5 heteroatoms. The van der Waals surface area contributed by atoms with Crippen molar-refractivity contribution in [2.75, 3.05) is 7.11 Å². The van der Waals surface area contributed by atoms with Gasteiger partial charge in [0.25, 0.3) is 0 Å². The van der Waals surface area contributed by atoms with Gasteiger partial charge in [0.15, 0.2) is 0 Å². The van der Waals surface area contributed by atoms with E-state index in [2.05, 4.69) is 17.3 Å². The smallest absolute Gasteiger partial charge is 0.0860 e. The molecule has 4 nitrogen and oxygen atoms in total. The monoisotopic (exact) mass is 257 g/mol. The fraction of sp³-hybridized carbons (Fsp3) is 0.750. The SMILES string of the molecule is CCn1nc(C)c(Cl)c1CNC1CC(OC)C1. The lowest BCUT2D eigenvalue weighted by atomic mass is 9.89. The van der Waals surface area contributed by atoms with Crippen LogP contribution in [0.5, 0.6) is 0 Å². The molecule has 96 valence electrons. The van der Waals surface area contributed by atoms with E-state index in [1.807, 2.05) is 11.6 Å². The number of aryl methyl sites for hydroxylation is 2. The minimum atomic E-state index is 0.431. The van der Waals surface area contributed by atoms with E-state index in [-0.39, 0.29) is 0 Å². The molecule has 1 aromatic heterocycles. The summed E-state index contributed by atoms with van der Waals surface area (Å²) in [6, 6.07) is 0.552. The lowest BCUT2D eigenvalue weighted by Crippen LogP contribution is -2.44. The van der Waals surface area contributed by atoms with E-state index in [9.17, 15) is 0 Å². The molecule has 2 rings (SSSR count). The molecule has 1 N–H and O–H groups in total. The van der Waals surface area contributed by atoms with Crippen molar-refractivity contribution in [1.29, 1.82) is 0 Å². The third-order valence-corrected chi connectivity index (χ3v) is 3.93. The van der Waals surface area contributed by atoms with Crippen LogP contribution in [0.2, 0.25) is 5.02 Å². The lowest BCUT2D eigenvalue weighted by molar-refractivity contribution is 0.0168. The number of rotatable bonds is 5. The summed E-state index contributed by atoms with van der Waals surface area (Å²) in [5, 5.41) is 8.70. The highest BCUT2D eigenvalue weighted by Gasteiger charge is 2.28. The van der Waals surface area contributed by atoms with Crippen LogP contribution in [0.15, 0.2) is 0 Å². The molecule has 0 aliphatic heterocycles. The number of methoxy groups -OCH3 is 1. The Labute approximate surface area is 107 Å². The molecule has 0 saturated heterocycles. The van der Waals surface area contributed by atoms with Gasteiger partial charge in [0.1, 0.15) is 0 Å². The predicted molar refractivity (Wildman–Crippen MR) is 68.3 cm³/mol. The van der Waals surface area contributed by atoms with Crippen LogP contribution in [0.4, 0.5) is 0 Å². The number of nitrogens with zero attached hydrogens (tertiary/aromatic N) is 2. The summed E-state index contributed by atoms with van der Waals surface area (Å²) >= 11 is 6.25. The molecule has 1 saturated carbocycles. The van der Waals surface area contributed by atoms with Crippen molar-refractivity contribution in [2.24, 2.45) is 0 Å². The van der Waals surface area contributed by atoms with Crippen molar-refractivity contribution in [3.63, 3.8) is 0 Å². The average molecular weight is 258 g/mol. The van der Waals surface area contributed by atoms with Gasteiger partial charge in [-0.05, 0) is 26.7 Å². The molecule has 1 fully saturated rings. The van der Waals surface area contributed by atoms with E-state index in [0.29, 0.717) is 12.1 Å². The number of aromatic nitrogens is 2. The maximum absolute atomic E-state index is 6.25. The van der Waals surface area contributed by atoms with Gasteiger partial charge in [-0.25, -0.2) is 0 Å². The summed E-state index contributed by atoms with van der Waals surface area (Å²) in [5.41, 5.74) is 2.00. The summed E-state index contributed by atoms with van der Waals surface area (Å²) in [7, 11) is 1.77. The van der Waals surface area contributed by atoms with Crippen molar-refractivity contribution in [2.45, 2.75) is 51.9 Å². The van der Waals surface area contributed by atoms with E-state index in [4.69, 9.17) is 16.3 Å². The van der Waals surface area contributed by atoms with Gasteiger partial charge in [-0.15, -0.1) is 0 Å². The van der Waals surface area contributed by atoms with Crippen molar-refractivity contribution in [3.05, 3.63) is 16.4 Å². The number of nitrogens with one attached hydrogen (secondary N) is 1. The van der Waals surface area contributed by atoms with Crippen LogP contribution in [0.25, 0.3) is 0 Å². The topological polar surface area (TPSA) is 39.1 Å². The largest absolute Gasteiger partial charge is 0.381 e. The van der Waals surface area contributed by atoms with Crippen molar-refractivity contribution in [3.8, 4) is 0 Å². The molecular formula is C12H20ClN3O. The summed E-state index contributed by atoms with van der Waals surface area (Å²) in [4.78, 5) is 0. The maximum atomic E-state index is 6.25. The van der Waals surface area contributed by atoms with Gasteiger partial charge in [-0.1, -0.05) is 11.6 Å². The fourth-order valence-electron chi connectivity index (χ4n) is 2.20. The van der Waals surface area contributed by atoms with Crippen LogP contribution >= 0.6 is 11.6 Å². The Morgan fingerprint density at radius 1 is 1.53 bits per heavy atom. The van der Waals surface area contributed by atoms with Gasteiger partial charge in [0, 0.05) is 26.2 Å². The standard InChI is InChI=1S/C12H20ClN3O/c1-4-16-11(12(13)8(2)15-16)7-14-9-5-10(6-9)17-3/h9-10,14H,4-7H2,1-3H3. The molecule has 0 spiro atoms. The zero-order valence-corrected chi connectivity index (χ0v) is 11.4. The fourth-order valence-corrected chi connectivity index (χ4v) is 2.41. The van der Waals surface area contributed by atoms with E-state index < -0.39 is 0 Å². The maximum Gasteiger partial charge on any atom is 0.0860 e. The van der Waals surface area contributed by atoms with Crippen molar-refractivity contribution >= 4 is 11.6 Å². The Kier molecular flexibility index (Phi) is 4.07. The molecule has 1 aliphatic carbocycles. The molecule has 1 aromatic rings. The van der Waals surface area contributed by atoms with Crippen LogP contribution in [-0.2, 0) is 17.8 Å². The molecule has 1 aliphatic rings. The highest BCUT2D eigenvalue weighted by molar-refractivity contribution is 6.31. The van der Waals surface area contributed by atoms with Gasteiger partial charge in [-0.2, -0.15) is 5.10 Å². The third kappa shape index (κ3) is 2.64. The molecule has 0 amide bonds. The molecule has 0 radical (unpaired) electrons. The number of ether oxygens (including phenoxy) is 1. The predicted octanol–water partition coefficient (Wildman–Crippen LogP) is 2.13. The van der Waals surface area contributed by atoms with Gasteiger partial charge in [0.05, 0.1) is 22.5 Å². The number of hydrogen-bond donors (Lipinski definition) is 1. The molecule has 1 heterocycles. The summed E-state index contributed by atoms with van der Waals surface area (Å²) < 4.78 is 7.23. The second-order valence-electron chi connectivity index (χ2n) is 4.57. The van der Waals surface area contributed by atoms with Crippen LogP contribution in [-0.4, -0.2) is 29.0 Å². The van der Waals surface area contributed by atoms with E-state index in [1.54, 1.807) is 7.11 Å². The quantitative estimate of drug-likeness (QED) is 0.878. The van der Waals surface area contributed by atoms with E-state index >= 15 is 0 Å². The number of halogens is 1. The Hall–Kier alpha value is -0.580. The molecule has 17 heavy (non-hydrogen) atoms. The van der Waals surface area contributed by atoms with Crippen LogP contribution in [0.1, 0.15) is 31.2 Å². The molecule has 0 unspecified atom stereocenters. The number of hydrogen-bond acceptors (Lipinski definition) is 3. The van der Waals surface area contributed by atoms with Gasteiger partial charge in [0.2, 0.25) is 0 Å².